The Morgan fingerprint density at radius 1 is 1.35 bits per heavy atom. The van der Waals surface area contributed by atoms with Crippen LogP contribution in [0.4, 0.5) is 0 Å². The number of nitrogens with zero attached hydrogens (tertiary/aromatic N) is 3. The van der Waals surface area contributed by atoms with Crippen molar-refractivity contribution in [1.82, 2.24) is 19.4 Å². The number of methoxy groups -OCH3 is 1. The number of hydrogen-bond donors (Lipinski definition) is 1. The van der Waals surface area contributed by atoms with Gasteiger partial charge in [0.15, 0.2) is 0 Å². The first-order valence-corrected chi connectivity index (χ1v) is 9.84. The normalized spacial score (nSPS) is 14.3. The Kier molecular flexibility index (Phi) is 5.70. The van der Waals surface area contributed by atoms with Gasteiger partial charge in [0.2, 0.25) is 15.9 Å². The van der Waals surface area contributed by atoms with Gasteiger partial charge in [-0.25, -0.2) is 13.1 Å². The summed E-state index contributed by atoms with van der Waals surface area (Å²) in [5.74, 6) is -0.0844. The molecule has 0 atom stereocenters. The van der Waals surface area contributed by atoms with E-state index < -0.39 is 10.0 Å². The molecule has 0 spiro atoms. The van der Waals surface area contributed by atoms with Gasteiger partial charge in [0.1, 0.15) is 6.54 Å². The fourth-order valence-electron chi connectivity index (χ4n) is 3.00. The molecule has 8 nitrogen and oxygen atoms in total. The number of benzene rings is 1. The van der Waals surface area contributed by atoms with Gasteiger partial charge in [-0.15, -0.1) is 0 Å². The molecule has 1 amide bonds. The van der Waals surface area contributed by atoms with Crippen LogP contribution in [0.5, 0.6) is 0 Å². The van der Waals surface area contributed by atoms with Gasteiger partial charge in [0, 0.05) is 39.1 Å². The zero-order chi connectivity index (χ0) is 18.6. The smallest absolute Gasteiger partial charge is 0.244 e. The molecule has 1 aromatic heterocycles. The van der Waals surface area contributed by atoms with Crippen LogP contribution in [0.2, 0.25) is 0 Å². The minimum Gasteiger partial charge on any atom is -0.383 e. The average molecular weight is 378 g/mol. The summed E-state index contributed by atoms with van der Waals surface area (Å²) in [6.45, 7) is 1.47. The quantitative estimate of drug-likeness (QED) is 0.704. The molecular formula is C17H22N4O4S. The molecular weight excluding hydrogens is 356 g/mol. The van der Waals surface area contributed by atoms with Gasteiger partial charge in [-0.1, -0.05) is 12.1 Å². The summed E-state index contributed by atoms with van der Waals surface area (Å²) < 4.78 is 34.2. The second-order valence-corrected chi connectivity index (χ2v) is 7.79. The highest BCUT2D eigenvalue weighted by Gasteiger charge is 2.27. The predicted octanol–water partition coefficient (Wildman–Crippen LogP) is 0.393. The van der Waals surface area contributed by atoms with Crippen molar-refractivity contribution < 1.29 is 17.9 Å². The highest BCUT2D eigenvalue weighted by molar-refractivity contribution is 7.89. The van der Waals surface area contributed by atoms with Crippen LogP contribution >= 0.6 is 0 Å². The Balaban J connectivity index is 1.80. The van der Waals surface area contributed by atoms with Gasteiger partial charge in [0.05, 0.1) is 11.5 Å². The lowest BCUT2D eigenvalue weighted by atomic mass is 10.00. The number of carbonyl (C=O) groups excluding carboxylic acids is 1. The first-order chi connectivity index (χ1) is 12.5. The van der Waals surface area contributed by atoms with Crippen LogP contribution in [0.3, 0.4) is 0 Å². The molecule has 0 saturated heterocycles. The van der Waals surface area contributed by atoms with Crippen molar-refractivity contribution in [2.75, 3.05) is 26.8 Å². The van der Waals surface area contributed by atoms with E-state index in [1.807, 2.05) is 6.07 Å². The zero-order valence-electron chi connectivity index (χ0n) is 14.6. The van der Waals surface area contributed by atoms with Gasteiger partial charge in [-0.05, 0) is 29.7 Å². The fourth-order valence-corrected chi connectivity index (χ4v) is 4.29. The SMILES string of the molecule is COCCNS(=O)(=O)c1cccc2c1CN(C(=O)Cn1cccn1)CC2. The monoisotopic (exact) mass is 378 g/mol. The summed E-state index contributed by atoms with van der Waals surface area (Å²) in [7, 11) is -2.14. The fraction of sp³-hybridized carbons (Fsp3) is 0.412. The van der Waals surface area contributed by atoms with E-state index in [-0.39, 0.29) is 30.4 Å². The Hall–Kier alpha value is -2.23. The summed E-state index contributed by atoms with van der Waals surface area (Å²) in [5.41, 5.74) is 1.64. The summed E-state index contributed by atoms with van der Waals surface area (Å²) in [5, 5.41) is 4.05. The van der Waals surface area contributed by atoms with E-state index in [0.717, 1.165) is 5.56 Å². The Morgan fingerprint density at radius 3 is 2.92 bits per heavy atom. The lowest BCUT2D eigenvalue weighted by Crippen LogP contribution is -2.39. The second kappa shape index (κ2) is 7.98. The highest BCUT2D eigenvalue weighted by Crippen LogP contribution is 2.26. The molecule has 0 saturated carbocycles. The Morgan fingerprint density at radius 2 is 2.19 bits per heavy atom. The summed E-state index contributed by atoms with van der Waals surface area (Å²) >= 11 is 0. The summed E-state index contributed by atoms with van der Waals surface area (Å²) in [6.07, 6.45) is 3.97. The first-order valence-electron chi connectivity index (χ1n) is 8.36. The number of amides is 1. The van der Waals surface area contributed by atoms with Crippen molar-refractivity contribution in [2.45, 2.75) is 24.4 Å². The Labute approximate surface area is 152 Å². The molecule has 3 rings (SSSR count). The van der Waals surface area contributed by atoms with E-state index in [9.17, 15) is 13.2 Å². The van der Waals surface area contributed by atoms with Crippen molar-refractivity contribution in [2.24, 2.45) is 0 Å². The lowest BCUT2D eigenvalue weighted by molar-refractivity contribution is -0.133. The molecule has 0 fully saturated rings. The molecule has 1 aliphatic heterocycles. The average Bonchev–Trinajstić information content (AvgIpc) is 3.13. The van der Waals surface area contributed by atoms with Gasteiger partial charge < -0.3 is 9.64 Å². The number of aromatic nitrogens is 2. The number of ether oxygens (including phenoxy) is 1. The molecule has 2 heterocycles. The van der Waals surface area contributed by atoms with Crippen molar-refractivity contribution in [3.63, 3.8) is 0 Å². The largest absolute Gasteiger partial charge is 0.383 e. The minimum absolute atomic E-state index is 0.0844. The van der Waals surface area contributed by atoms with Crippen LogP contribution in [-0.2, 0) is 39.1 Å². The van der Waals surface area contributed by atoms with Crippen LogP contribution < -0.4 is 4.72 Å². The molecule has 1 aliphatic rings. The molecule has 0 unspecified atom stereocenters. The van der Waals surface area contributed by atoms with E-state index in [1.165, 1.54) is 7.11 Å². The zero-order valence-corrected chi connectivity index (χ0v) is 15.4. The first kappa shape index (κ1) is 18.6. The molecule has 9 heteroatoms. The highest BCUT2D eigenvalue weighted by atomic mass is 32.2. The second-order valence-electron chi connectivity index (χ2n) is 6.05. The van der Waals surface area contributed by atoms with Crippen molar-refractivity contribution in [3.8, 4) is 0 Å². The van der Waals surface area contributed by atoms with E-state index >= 15 is 0 Å². The van der Waals surface area contributed by atoms with Crippen LogP contribution in [0.15, 0.2) is 41.6 Å². The van der Waals surface area contributed by atoms with Gasteiger partial charge in [0.25, 0.3) is 0 Å². The van der Waals surface area contributed by atoms with Gasteiger partial charge >= 0.3 is 0 Å². The maximum Gasteiger partial charge on any atom is 0.244 e. The molecule has 2 aromatic rings. The number of fused-ring (bicyclic) bond motifs is 1. The number of rotatable bonds is 7. The third kappa shape index (κ3) is 4.12. The lowest BCUT2D eigenvalue weighted by Gasteiger charge is -2.30. The van der Waals surface area contributed by atoms with E-state index in [2.05, 4.69) is 9.82 Å². The molecule has 0 aliphatic carbocycles. The van der Waals surface area contributed by atoms with E-state index in [0.29, 0.717) is 25.1 Å². The van der Waals surface area contributed by atoms with Gasteiger partial charge in [-0.2, -0.15) is 5.10 Å². The van der Waals surface area contributed by atoms with Crippen molar-refractivity contribution >= 4 is 15.9 Å². The maximum absolute atomic E-state index is 12.6. The number of carbonyl (C=O) groups is 1. The standard InChI is InChI=1S/C17H22N4O4S/c1-25-11-8-19-26(23,24)16-5-2-4-14-6-10-20(12-15(14)16)17(22)13-21-9-3-7-18-21/h2-5,7,9,19H,6,8,10-13H2,1H3. The molecule has 26 heavy (non-hydrogen) atoms. The molecule has 0 radical (unpaired) electrons. The molecule has 1 N–H and O–H groups in total. The van der Waals surface area contributed by atoms with Crippen molar-refractivity contribution in [1.29, 1.82) is 0 Å². The minimum atomic E-state index is -3.66. The third-order valence-corrected chi connectivity index (χ3v) is 5.87. The predicted molar refractivity (Wildman–Crippen MR) is 94.9 cm³/mol. The topological polar surface area (TPSA) is 93.5 Å². The number of nitrogens with one attached hydrogen (secondary N) is 1. The summed E-state index contributed by atoms with van der Waals surface area (Å²) in [6, 6.07) is 6.99. The van der Waals surface area contributed by atoms with Crippen molar-refractivity contribution in [3.05, 3.63) is 47.8 Å². The molecule has 0 bridgehead atoms. The molecule has 140 valence electrons. The summed E-state index contributed by atoms with van der Waals surface area (Å²) in [4.78, 5) is 14.4. The van der Waals surface area contributed by atoms with E-state index in [4.69, 9.17) is 4.74 Å². The molecule has 1 aromatic carbocycles. The van der Waals surface area contributed by atoms with E-state index in [1.54, 1.807) is 40.2 Å². The number of hydrogen-bond acceptors (Lipinski definition) is 5. The third-order valence-electron chi connectivity index (χ3n) is 4.33. The maximum atomic E-state index is 12.6. The van der Waals surface area contributed by atoms with Crippen LogP contribution in [0.1, 0.15) is 11.1 Å². The van der Waals surface area contributed by atoms with Crippen LogP contribution in [0.25, 0.3) is 0 Å². The van der Waals surface area contributed by atoms with Gasteiger partial charge in [-0.3, -0.25) is 9.48 Å². The van der Waals surface area contributed by atoms with Crippen LogP contribution in [-0.4, -0.2) is 55.8 Å². The van der Waals surface area contributed by atoms with Crippen LogP contribution in [0, 0.1) is 0 Å². The Bertz CT molecular complexity index is 865. The number of sulfonamides is 1.